The van der Waals surface area contributed by atoms with E-state index in [0.717, 1.165) is 54.7 Å². The Morgan fingerprint density at radius 2 is 2.07 bits per heavy atom. The van der Waals surface area contributed by atoms with Crippen LogP contribution in [0.1, 0.15) is 35.4 Å². The SMILES string of the molecule is C=CCN1CCC(NCc2ccc(OCc3c(C)noc3C)c(OC)c2)CC1. The summed E-state index contributed by atoms with van der Waals surface area (Å²) in [5.41, 5.74) is 3.03. The molecular formula is C22H31N3O3. The van der Waals surface area contributed by atoms with Crippen LogP contribution in [-0.2, 0) is 13.2 Å². The number of piperidine rings is 1. The van der Waals surface area contributed by atoms with Crippen LogP contribution in [0.15, 0.2) is 35.4 Å². The maximum absolute atomic E-state index is 5.96. The van der Waals surface area contributed by atoms with Gasteiger partial charge in [-0.25, -0.2) is 0 Å². The molecule has 1 aliphatic heterocycles. The summed E-state index contributed by atoms with van der Waals surface area (Å²) in [6.07, 6.45) is 4.32. The van der Waals surface area contributed by atoms with E-state index in [1.165, 1.54) is 18.4 Å². The Labute approximate surface area is 167 Å². The third-order valence-corrected chi connectivity index (χ3v) is 5.35. The van der Waals surface area contributed by atoms with Gasteiger partial charge in [0.2, 0.25) is 0 Å². The number of aromatic nitrogens is 1. The van der Waals surface area contributed by atoms with Crippen LogP contribution in [0.4, 0.5) is 0 Å². The summed E-state index contributed by atoms with van der Waals surface area (Å²) in [4.78, 5) is 2.44. The number of rotatable bonds is 9. The summed E-state index contributed by atoms with van der Waals surface area (Å²) in [6, 6.07) is 6.66. The van der Waals surface area contributed by atoms with E-state index >= 15 is 0 Å². The fourth-order valence-corrected chi connectivity index (χ4v) is 3.56. The third-order valence-electron chi connectivity index (χ3n) is 5.35. The molecule has 1 saturated heterocycles. The molecule has 6 heteroatoms. The molecule has 1 aromatic carbocycles. The number of benzene rings is 1. The van der Waals surface area contributed by atoms with Gasteiger partial charge in [0.15, 0.2) is 11.5 Å². The molecule has 1 aliphatic rings. The van der Waals surface area contributed by atoms with Gasteiger partial charge in [-0.2, -0.15) is 0 Å². The van der Waals surface area contributed by atoms with Crippen LogP contribution in [0, 0.1) is 13.8 Å². The van der Waals surface area contributed by atoms with Crippen molar-refractivity contribution in [1.29, 1.82) is 0 Å². The van der Waals surface area contributed by atoms with Crippen LogP contribution in [0.2, 0.25) is 0 Å². The molecule has 0 aliphatic carbocycles. The van der Waals surface area contributed by atoms with Gasteiger partial charge in [0.25, 0.3) is 0 Å². The van der Waals surface area contributed by atoms with Crippen molar-refractivity contribution < 1.29 is 14.0 Å². The first kappa shape index (κ1) is 20.4. The highest BCUT2D eigenvalue weighted by molar-refractivity contribution is 5.43. The van der Waals surface area contributed by atoms with Gasteiger partial charge in [-0.1, -0.05) is 17.3 Å². The first-order valence-corrected chi connectivity index (χ1v) is 9.88. The molecule has 2 aromatic rings. The molecule has 1 fully saturated rings. The summed E-state index contributed by atoms with van der Waals surface area (Å²) in [5, 5.41) is 7.64. The molecule has 3 rings (SSSR count). The molecule has 0 unspecified atom stereocenters. The lowest BCUT2D eigenvalue weighted by Gasteiger charge is -2.31. The van der Waals surface area contributed by atoms with Crippen molar-refractivity contribution in [2.45, 2.75) is 45.9 Å². The maximum atomic E-state index is 5.96. The molecule has 0 spiro atoms. The second kappa shape index (κ2) is 9.75. The van der Waals surface area contributed by atoms with Crippen molar-refractivity contribution in [3.05, 3.63) is 53.4 Å². The molecule has 0 bridgehead atoms. The largest absolute Gasteiger partial charge is 0.493 e. The van der Waals surface area contributed by atoms with E-state index in [-0.39, 0.29) is 0 Å². The Hall–Kier alpha value is -2.31. The summed E-state index contributed by atoms with van der Waals surface area (Å²) < 4.78 is 16.7. The molecule has 2 heterocycles. The summed E-state index contributed by atoms with van der Waals surface area (Å²) >= 11 is 0. The Bertz CT molecular complexity index is 760. The maximum Gasteiger partial charge on any atom is 0.161 e. The van der Waals surface area contributed by atoms with Crippen LogP contribution in [-0.4, -0.2) is 42.8 Å². The number of methoxy groups -OCH3 is 1. The highest BCUT2D eigenvalue weighted by Gasteiger charge is 2.18. The van der Waals surface area contributed by atoms with Crippen LogP contribution in [0.25, 0.3) is 0 Å². The Morgan fingerprint density at radius 1 is 1.29 bits per heavy atom. The van der Waals surface area contributed by atoms with E-state index in [2.05, 4.69) is 28.0 Å². The predicted molar refractivity (Wildman–Crippen MR) is 110 cm³/mol. The van der Waals surface area contributed by atoms with Crippen molar-refractivity contribution in [2.75, 3.05) is 26.7 Å². The molecule has 0 saturated carbocycles. The summed E-state index contributed by atoms with van der Waals surface area (Å²) in [7, 11) is 1.67. The lowest BCUT2D eigenvalue weighted by Crippen LogP contribution is -2.42. The topological polar surface area (TPSA) is 59.8 Å². The van der Waals surface area contributed by atoms with Gasteiger partial charge in [-0.15, -0.1) is 6.58 Å². The Morgan fingerprint density at radius 3 is 2.71 bits per heavy atom. The number of nitrogens with zero attached hydrogens (tertiary/aromatic N) is 2. The molecule has 0 radical (unpaired) electrons. The summed E-state index contributed by atoms with van der Waals surface area (Å²) in [6.45, 7) is 12.1. The summed E-state index contributed by atoms with van der Waals surface area (Å²) in [5.74, 6) is 2.26. The van der Waals surface area contributed by atoms with E-state index in [9.17, 15) is 0 Å². The average molecular weight is 386 g/mol. The van der Waals surface area contributed by atoms with Crippen molar-refractivity contribution >= 4 is 0 Å². The monoisotopic (exact) mass is 385 g/mol. The zero-order valence-electron chi connectivity index (χ0n) is 17.2. The van der Waals surface area contributed by atoms with E-state index in [1.807, 2.05) is 32.1 Å². The molecule has 0 amide bonds. The number of ether oxygens (including phenoxy) is 2. The van der Waals surface area contributed by atoms with Crippen molar-refractivity contribution in [3.8, 4) is 11.5 Å². The first-order chi connectivity index (χ1) is 13.6. The number of hydrogen-bond acceptors (Lipinski definition) is 6. The van der Waals surface area contributed by atoms with Gasteiger partial charge in [-0.05, 0) is 57.5 Å². The standard InChI is InChI=1S/C22H31N3O3/c1-5-10-25-11-8-19(9-12-25)23-14-18-6-7-21(22(13-18)26-4)27-15-20-16(2)24-28-17(20)3/h5-7,13,19,23H,1,8-12,14-15H2,2-4H3. The second-order valence-corrected chi connectivity index (χ2v) is 7.32. The normalized spacial score (nSPS) is 15.5. The smallest absolute Gasteiger partial charge is 0.161 e. The molecule has 28 heavy (non-hydrogen) atoms. The van der Waals surface area contributed by atoms with E-state index < -0.39 is 0 Å². The molecule has 1 N–H and O–H groups in total. The van der Waals surface area contributed by atoms with Crippen LogP contribution in [0.5, 0.6) is 11.5 Å². The molecule has 1 aromatic heterocycles. The Balaban J connectivity index is 1.53. The minimum absolute atomic E-state index is 0.415. The zero-order valence-corrected chi connectivity index (χ0v) is 17.2. The predicted octanol–water partition coefficient (Wildman–Crippen LogP) is 3.62. The third kappa shape index (κ3) is 5.14. The van der Waals surface area contributed by atoms with Gasteiger partial charge in [0.1, 0.15) is 12.4 Å². The quantitative estimate of drug-likeness (QED) is 0.666. The fourth-order valence-electron chi connectivity index (χ4n) is 3.56. The minimum Gasteiger partial charge on any atom is -0.493 e. The second-order valence-electron chi connectivity index (χ2n) is 7.32. The van der Waals surface area contributed by atoms with Crippen molar-refractivity contribution in [3.63, 3.8) is 0 Å². The lowest BCUT2D eigenvalue weighted by atomic mass is 10.0. The minimum atomic E-state index is 0.415. The Kier molecular flexibility index (Phi) is 7.12. The van der Waals surface area contributed by atoms with Gasteiger partial charge < -0.3 is 19.3 Å². The first-order valence-electron chi connectivity index (χ1n) is 9.88. The number of aryl methyl sites for hydroxylation is 2. The van der Waals surface area contributed by atoms with Crippen LogP contribution in [0.3, 0.4) is 0 Å². The van der Waals surface area contributed by atoms with Gasteiger partial charge in [0.05, 0.1) is 18.4 Å². The molecular weight excluding hydrogens is 354 g/mol. The highest BCUT2D eigenvalue weighted by Crippen LogP contribution is 2.29. The van der Waals surface area contributed by atoms with Crippen molar-refractivity contribution in [1.82, 2.24) is 15.4 Å². The lowest BCUT2D eigenvalue weighted by molar-refractivity contribution is 0.214. The van der Waals surface area contributed by atoms with E-state index in [1.54, 1.807) is 7.11 Å². The zero-order chi connectivity index (χ0) is 19.9. The fraction of sp³-hybridized carbons (Fsp3) is 0.500. The number of nitrogens with one attached hydrogen (secondary N) is 1. The van der Waals surface area contributed by atoms with Gasteiger partial charge in [-0.3, -0.25) is 4.90 Å². The average Bonchev–Trinajstić information content (AvgIpc) is 3.04. The van der Waals surface area contributed by atoms with Crippen LogP contribution < -0.4 is 14.8 Å². The van der Waals surface area contributed by atoms with Gasteiger partial charge >= 0.3 is 0 Å². The molecule has 0 atom stereocenters. The van der Waals surface area contributed by atoms with E-state index in [0.29, 0.717) is 12.6 Å². The molecule has 6 nitrogen and oxygen atoms in total. The van der Waals surface area contributed by atoms with Crippen LogP contribution >= 0.6 is 0 Å². The van der Waals surface area contributed by atoms with Gasteiger partial charge in [0, 0.05) is 19.1 Å². The highest BCUT2D eigenvalue weighted by atomic mass is 16.5. The van der Waals surface area contributed by atoms with E-state index in [4.69, 9.17) is 14.0 Å². The molecule has 152 valence electrons. The van der Waals surface area contributed by atoms with Crippen molar-refractivity contribution in [2.24, 2.45) is 0 Å². The number of hydrogen-bond donors (Lipinski definition) is 1. The number of likely N-dealkylation sites (tertiary alicyclic amines) is 1.